The van der Waals surface area contributed by atoms with E-state index in [9.17, 15) is 14.4 Å². The molecule has 3 rings (SSSR count). The second-order valence-electron chi connectivity index (χ2n) is 6.64. The van der Waals surface area contributed by atoms with Crippen molar-refractivity contribution in [1.82, 2.24) is 0 Å². The fraction of sp³-hybridized carbons (Fsp3) is 0.125. The molecule has 0 heterocycles. The molecule has 1 amide bonds. The molecule has 5 heteroatoms. The third-order valence-electron chi connectivity index (χ3n) is 4.40. The van der Waals surface area contributed by atoms with E-state index in [0.29, 0.717) is 11.3 Å². The smallest absolute Gasteiger partial charge is 0.339 e. The Morgan fingerprint density at radius 1 is 0.793 bits per heavy atom. The Morgan fingerprint density at radius 2 is 1.38 bits per heavy atom. The van der Waals surface area contributed by atoms with Crippen molar-refractivity contribution in [3.8, 4) is 0 Å². The van der Waals surface area contributed by atoms with E-state index < -0.39 is 18.0 Å². The Labute approximate surface area is 169 Å². The number of anilines is 1. The summed E-state index contributed by atoms with van der Waals surface area (Å²) in [5.41, 5.74) is 2.48. The van der Waals surface area contributed by atoms with Crippen LogP contribution in [0.3, 0.4) is 0 Å². The Bertz CT molecular complexity index is 1030. The number of nitrogens with one attached hydrogen (secondary N) is 1. The molecule has 0 fully saturated rings. The van der Waals surface area contributed by atoms with Gasteiger partial charge in [-0.2, -0.15) is 0 Å². The average Bonchev–Trinajstić information content (AvgIpc) is 2.74. The van der Waals surface area contributed by atoms with Gasteiger partial charge in [0.15, 0.2) is 11.9 Å². The van der Waals surface area contributed by atoms with Gasteiger partial charge >= 0.3 is 5.97 Å². The van der Waals surface area contributed by atoms with Gasteiger partial charge in [0.25, 0.3) is 5.91 Å². The topological polar surface area (TPSA) is 72.5 Å². The Hall–Kier alpha value is -3.73. The SMILES string of the molecule is Cc1ccc(C(=O)c2ccccc2C(=O)OC(C)C(=O)Nc2ccccc2)cc1. The monoisotopic (exact) mass is 387 g/mol. The molecular weight excluding hydrogens is 366 g/mol. The minimum atomic E-state index is -1.02. The van der Waals surface area contributed by atoms with Crippen LogP contribution in [0.1, 0.15) is 38.8 Å². The molecule has 0 aliphatic rings. The molecule has 0 saturated carbocycles. The number of carbonyl (C=O) groups excluding carboxylic acids is 3. The summed E-state index contributed by atoms with van der Waals surface area (Å²) >= 11 is 0. The van der Waals surface area contributed by atoms with Crippen molar-refractivity contribution in [3.63, 3.8) is 0 Å². The minimum absolute atomic E-state index is 0.123. The highest BCUT2D eigenvalue weighted by Gasteiger charge is 2.23. The first-order chi connectivity index (χ1) is 14.0. The van der Waals surface area contributed by atoms with Crippen LogP contribution in [-0.4, -0.2) is 23.8 Å². The van der Waals surface area contributed by atoms with Crippen LogP contribution in [0, 0.1) is 6.92 Å². The van der Waals surface area contributed by atoms with E-state index in [4.69, 9.17) is 4.74 Å². The number of para-hydroxylation sites is 1. The van der Waals surface area contributed by atoms with Gasteiger partial charge in [0, 0.05) is 16.8 Å². The van der Waals surface area contributed by atoms with Crippen LogP contribution in [-0.2, 0) is 9.53 Å². The first-order valence-corrected chi connectivity index (χ1v) is 9.23. The van der Waals surface area contributed by atoms with Crippen LogP contribution in [0.4, 0.5) is 5.69 Å². The van der Waals surface area contributed by atoms with Gasteiger partial charge in [-0.05, 0) is 32.0 Å². The average molecular weight is 387 g/mol. The highest BCUT2D eigenvalue weighted by molar-refractivity contribution is 6.14. The molecular formula is C24H21NO4. The molecule has 0 aromatic heterocycles. The lowest BCUT2D eigenvalue weighted by Gasteiger charge is -2.15. The van der Waals surface area contributed by atoms with Crippen molar-refractivity contribution in [3.05, 3.63) is 101 Å². The molecule has 146 valence electrons. The van der Waals surface area contributed by atoms with Gasteiger partial charge in [0.05, 0.1) is 5.56 Å². The lowest BCUT2D eigenvalue weighted by atomic mass is 9.98. The largest absolute Gasteiger partial charge is 0.449 e. The van der Waals surface area contributed by atoms with Crippen LogP contribution in [0.15, 0.2) is 78.9 Å². The highest BCUT2D eigenvalue weighted by atomic mass is 16.5. The van der Waals surface area contributed by atoms with Crippen molar-refractivity contribution in [2.75, 3.05) is 5.32 Å². The lowest BCUT2D eigenvalue weighted by molar-refractivity contribution is -0.123. The number of aryl methyl sites for hydroxylation is 1. The van der Waals surface area contributed by atoms with Gasteiger partial charge in [-0.15, -0.1) is 0 Å². The normalized spacial score (nSPS) is 11.4. The zero-order chi connectivity index (χ0) is 20.8. The number of rotatable bonds is 6. The molecule has 0 spiro atoms. The predicted molar refractivity (Wildman–Crippen MR) is 111 cm³/mol. The fourth-order valence-electron chi connectivity index (χ4n) is 2.76. The van der Waals surface area contributed by atoms with Gasteiger partial charge in [0.1, 0.15) is 0 Å². The van der Waals surface area contributed by atoms with Crippen molar-refractivity contribution in [1.29, 1.82) is 0 Å². The molecule has 3 aromatic rings. The van der Waals surface area contributed by atoms with Crippen LogP contribution in [0.5, 0.6) is 0 Å². The molecule has 0 aliphatic carbocycles. The zero-order valence-electron chi connectivity index (χ0n) is 16.2. The van der Waals surface area contributed by atoms with E-state index in [1.165, 1.54) is 13.0 Å². The van der Waals surface area contributed by atoms with Gasteiger partial charge in [-0.3, -0.25) is 9.59 Å². The van der Waals surface area contributed by atoms with E-state index in [0.717, 1.165) is 5.56 Å². The van der Waals surface area contributed by atoms with E-state index in [1.54, 1.807) is 54.6 Å². The zero-order valence-corrected chi connectivity index (χ0v) is 16.2. The van der Waals surface area contributed by atoms with Crippen LogP contribution < -0.4 is 5.32 Å². The molecule has 1 atom stereocenters. The summed E-state index contributed by atoms with van der Waals surface area (Å²) < 4.78 is 5.31. The summed E-state index contributed by atoms with van der Waals surface area (Å²) in [5.74, 6) is -1.46. The summed E-state index contributed by atoms with van der Waals surface area (Å²) in [6.07, 6.45) is -1.02. The summed E-state index contributed by atoms with van der Waals surface area (Å²) in [6.45, 7) is 3.42. The van der Waals surface area contributed by atoms with E-state index in [1.807, 2.05) is 25.1 Å². The Balaban J connectivity index is 1.75. The molecule has 5 nitrogen and oxygen atoms in total. The fourth-order valence-corrected chi connectivity index (χ4v) is 2.76. The maximum atomic E-state index is 12.9. The van der Waals surface area contributed by atoms with Crippen LogP contribution in [0.25, 0.3) is 0 Å². The van der Waals surface area contributed by atoms with Gasteiger partial charge in [-0.1, -0.05) is 66.2 Å². The molecule has 1 N–H and O–H groups in total. The molecule has 0 saturated heterocycles. The number of carbonyl (C=O) groups is 3. The molecule has 0 bridgehead atoms. The van der Waals surface area contributed by atoms with Crippen LogP contribution in [0.2, 0.25) is 0 Å². The van der Waals surface area contributed by atoms with Crippen LogP contribution >= 0.6 is 0 Å². The number of benzene rings is 3. The Morgan fingerprint density at radius 3 is 2.03 bits per heavy atom. The quantitative estimate of drug-likeness (QED) is 0.502. The molecule has 1 unspecified atom stereocenters. The number of hydrogen-bond donors (Lipinski definition) is 1. The summed E-state index contributed by atoms with van der Waals surface area (Å²) in [5, 5.41) is 2.68. The lowest BCUT2D eigenvalue weighted by Crippen LogP contribution is -2.30. The first-order valence-electron chi connectivity index (χ1n) is 9.23. The molecule has 0 aliphatic heterocycles. The van der Waals surface area contributed by atoms with Crippen molar-refractivity contribution in [2.45, 2.75) is 20.0 Å². The number of amides is 1. The first kappa shape index (κ1) is 20.0. The van der Waals surface area contributed by atoms with Crippen molar-refractivity contribution < 1.29 is 19.1 Å². The second kappa shape index (κ2) is 8.97. The summed E-state index contributed by atoms with van der Waals surface area (Å²) in [7, 11) is 0. The van der Waals surface area contributed by atoms with Crippen molar-refractivity contribution >= 4 is 23.3 Å². The molecule has 29 heavy (non-hydrogen) atoms. The van der Waals surface area contributed by atoms with Gasteiger partial charge in [-0.25, -0.2) is 4.79 Å². The third-order valence-corrected chi connectivity index (χ3v) is 4.40. The number of esters is 1. The molecule has 3 aromatic carbocycles. The third kappa shape index (κ3) is 4.96. The minimum Gasteiger partial charge on any atom is -0.449 e. The predicted octanol–water partition coefficient (Wildman–Crippen LogP) is 4.41. The standard InChI is InChI=1S/C24H21NO4/c1-16-12-14-18(15-13-16)22(26)20-10-6-7-11-21(20)24(28)29-17(2)23(27)25-19-8-4-3-5-9-19/h3-15,17H,1-2H3,(H,25,27). The number of hydrogen-bond acceptors (Lipinski definition) is 4. The maximum Gasteiger partial charge on any atom is 0.339 e. The number of ketones is 1. The second-order valence-corrected chi connectivity index (χ2v) is 6.64. The number of ether oxygens (including phenoxy) is 1. The summed E-state index contributed by atoms with van der Waals surface area (Å²) in [6, 6.07) is 22.4. The van der Waals surface area contributed by atoms with E-state index in [-0.39, 0.29) is 16.9 Å². The maximum absolute atomic E-state index is 12.9. The van der Waals surface area contributed by atoms with Gasteiger partial charge in [0.2, 0.25) is 0 Å². The van der Waals surface area contributed by atoms with Gasteiger partial charge < -0.3 is 10.1 Å². The highest BCUT2D eigenvalue weighted by Crippen LogP contribution is 2.17. The van der Waals surface area contributed by atoms with Crippen molar-refractivity contribution in [2.24, 2.45) is 0 Å². The Kier molecular flexibility index (Phi) is 6.19. The molecule has 0 radical (unpaired) electrons. The summed E-state index contributed by atoms with van der Waals surface area (Å²) in [4.78, 5) is 37.8. The van der Waals surface area contributed by atoms with E-state index >= 15 is 0 Å². The van der Waals surface area contributed by atoms with E-state index in [2.05, 4.69) is 5.32 Å².